The van der Waals surface area contributed by atoms with Gasteiger partial charge in [-0.05, 0) is 18.6 Å². The van der Waals surface area contributed by atoms with E-state index in [1.165, 1.54) is 18.8 Å². The zero-order chi connectivity index (χ0) is 19.2. The molecule has 1 aliphatic rings. The van der Waals surface area contributed by atoms with Crippen LogP contribution in [0.2, 0.25) is 0 Å². The number of thioether (sulfide) groups is 1. The van der Waals surface area contributed by atoms with Gasteiger partial charge in [0.15, 0.2) is 16.4 Å². The molecule has 2 N–H and O–H groups in total. The summed E-state index contributed by atoms with van der Waals surface area (Å²) >= 11 is 1.33. The van der Waals surface area contributed by atoms with Gasteiger partial charge in [-0.1, -0.05) is 12.1 Å². The Morgan fingerprint density at radius 1 is 1.23 bits per heavy atom. The Morgan fingerprint density at radius 3 is 2.62 bits per heavy atom. The van der Waals surface area contributed by atoms with Crippen molar-refractivity contribution in [2.75, 3.05) is 31.7 Å². The number of benzene rings is 1. The Hall–Kier alpha value is -2.07. The highest BCUT2D eigenvalue weighted by atomic mass is 32.2. The van der Waals surface area contributed by atoms with Crippen LogP contribution in [0.25, 0.3) is 0 Å². The number of likely N-dealkylation sites (N-methyl/N-ethyl adjacent to an activating group) is 1. The normalized spacial score (nSPS) is 18.1. The minimum Gasteiger partial charge on any atom is -0.452 e. The van der Waals surface area contributed by atoms with Gasteiger partial charge < -0.3 is 15.4 Å². The first-order chi connectivity index (χ1) is 12.3. The van der Waals surface area contributed by atoms with Gasteiger partial charge in [-0.3, -0.25) is 9.59 Å². The summed E-state index contributed by atoms with van der Waals surface area (Å²) in [6, 6.07) is 6.70. The van der Waals surface area contributed by atoms with Crippen LogP contribution in [0.15, 0.2) is 29.2 Å². The van der Waals surface area contributed by atoms with E-state index >= 15 is 0 Å². The molecule has 1 aliphatic heterocycles. The van der Waals surface area contributed by atoms with Gasteiger partial charge in [0.25, 0.3) is 5.91 Å². The largest absolute Gasteiger partial charge is 0.452 e. The maximum Gasteiger partial charge on any atom is 0.339 e. The monoisotopic (exact) mass is 400 g/mol. The van der Waals surface area contributed by atoms with Gasteiger partial charge in [-0.15, -0.1) is 11.8 Å². The molecule has 2 amide bonds. The van der Waals surface area contributed by atoms with E-state index in [9.17, 15) is 22.8 Å². The second-order valence-corrected chi connectivity index (χ2v) is 9.24. The zero-order valence-corrected chi connectivity index (χ0v) is 15.8. The number of sulfone groups is 1. The van der Waals surface area contributed by atoms with Crippen molar-refractivity contribution in [3.63, 3.8) is 0 Å². The molecule has 8 nitrogen and oxygen atoms in total. The smallest absolute Gasteiger partial charge is 0.339 e. The molecule has 1 atom stereocenters. The summed E-state index contributed by atoms with van der Waals surface area (Å²) < 4.78 is 28.1. The van der Waals surface area contributed by atoms with E-state index in [-0.39, 0.29) is 34.8 Å². The Labute approximate surface area is 156 Å². The molecule has 26 heavy (non-hydrogen) atoms. The van der Waals surface area contributed by atoms with Crippen LogP contribution in [-0.2, 0) is 24.2 Å². The summed E-state index contributed by atoms with van der Waals surface area (Å²) in [6.07, 6.45) is 0.540. The second kappa shape index (κ2) is 9.04. The minimum absolute atomic E-state index is 0.0863. The Morgan fingerprint density at radius 2 is 1.96 bits per heavy atom. The molecule has 0 unspecified atom stereocenters. The first-order valence-corrected chi connectivity index (χ1v) is 10.6. The van der Waals surface area contributed by atoms with E-state index in [2.05, 4.69) is 10.6 Å². The van der Waals surface area contributed by atoms with Gasteiger partial charge in [-0.25, -0.2) is 13.2 Å². The van der Waals surface area contributed by atoms with Crippen molar-refractivity contribution in [2.45, 2.75) is 16.6 Å². The van der Waals surface area contributed by atoms with Gasteiger partial charge in [0.2, 0.25) is 5.91 Å². The molecular formula is C16H20N2O6S2. The molecule has 1 heterocycles. The molecule has 1 aromatic carbocycles. The van der Waals surface area contributed by atoms with Crippen LogP contribution in [0.1, 0.15) is 16.8 Å². The molecule has 0 spiro atoms. The Kier molecular flexibility index (Phi) is 7.04. The van der Waals surface area contributed by atoms with Crippen LogP contribution in [0.3, 0.4) is 0 Å². The van der Waals surface area contributed by atoms with E-state index in [0.29, 0.717) is 11.3 Å². The Bertz CT molecular complexity index is 794. The average molecular weight is 400 g/mol. The molecular weight excluding hydrogens is 380 g/mol. The van der Waals surface area contributed by atoms with Crippen molar-refractivity contribution in [3.05, 3.63) is 29.8 Å². The van der Waals surface area contributed by atoms with Crippen molar-refractivity contribution >= 4 is 39.4 Å². The highest BCUT2D eigenvalue weighted by molar-refractivity contribution is 8.02. The Balaban J connectivity index is 1.92. The van der Waals surface area contributed by atoms with Gasteiger partial charge in [-0.2, -0.15) is 0 Å². The predicted molar refractivity (Wildman–Crippen MR) is 96.7 cm³/mol. The van der Waals surface area contributed by atoms with Gasteiger partial charge in [0.05, 0.1) is 23.6 Å². The lowest BCUT2D eigenvalue weighted by Crippen LogP contribution is -2.37. The molecule has 0 radical (unpaired) electrons. The number of carbonyl (C=O) groups excluding carboxylic acids is 3. The fraction of sp³-hybridized carbons (Fsp3) is 0.438. The van der Waals surface area contributed by atoms with Gasteiger partial charge >= 0.3 is 5.97 Å². The van der Waals surface area contributed by atoms with Crippen molar-refractivity contribution < 1.29 is 27.5 Å². The van der Waals surface area contributed by atoms with Crippen LogP contribution < -0.4 is 10.6 Å². The van der Waals surface area contributed by atoms with Crippen LogP contribution in [0.5, 0.6) is 0 Å². The third-order valence-electron chi connectivity index (χ3n) is 3.65. The predicted octanol–water partition coefficient (Wildman–Crippen LogP) is -0.0152. The molecule has 1 fully saturated rings. The van der Waals surface area contributed by atoms with Crippen molar-refractivity contribution in [2.24, 2.45) is 0 Å². The first-order valence-electron chi connectivity index (χ1n) is 7.91. The number of ether oxygens (including phenoxy) is 1. The standard InChI is InChI=1S/C16H20N2O6S2/c1-17-14(19)8-18-15(20)9-24-16(21)12-4-2-3-5-13(12)25-11-6-7-26(22,23)10-11/h2-5,11H,6-10H2,1H3,(H,17,19)(H,18,20)/t11-/m0/s1. The number of amides is 2. The molecule has 1 aromatic rings. The molecule has 0 aromatic heterocycles. The summed E-state index contributed by atoms with van der Waals surface area (Å²) in [7, 11) is -1.57. The van der Waals surface area contributed by atoms with E-state index in [0.717, 1.165) is 0 Å². The minimum atomic E-state index is -3.01. The molecule has 10 heteroatoms. The number of carbonyl (C=O) groups is 3. The highest BCUT2D eigenvalue weighted by Gasteiger charge is 2.29. The molecule has 2 rings (SSSR count). The van der Waals surface area contributed by atoms with E-state index in [1.807, 2.05) is 0 Å². The zero-order valence-electron chi connectivity index (χ0n) is 14.2. The topological polar surface area (TPSA) is 119 Å². The van der Waals surface area contributed by atoms with Crippen LogP contribution in [-0.4, -0.2) is 63.2 Å². The molecule has 0 bridgehead atoms. The number of rotatable bonds is 7. The summed E-state index contributed by atoms with van der Waals surface area (Å²) in [6.45, 7) is -0.706. The van der Waals surface area contributed by atoms with E-state index < -0.39 is 28.3 Å². The summed E-state index contributed by atoms with van der Waals surface area (Å²) in [5.41, 5.74) is 0.279. The number of hydrogen-bond donors (Lipinski definition) is 2. The SMILES string of the molecule is CNC(=O)CNC(=O)COC(=O)c1ccccc1S[C@H]1CCS(=O)(=O)C1. The fourth-order valence-electron chi connectivity index (χ4n) is 2.30. The number of nitrogens with one attached hydrogen (secondary N) is 2. The highest BCUT2D eigenvalue weighted by Crippen LogP contribution is 2.33. The van der Waals surface area contributed by atoms with Crippen LogP contribution in [0.4, 0.5) is 0 Å². The summed E-state index contributed by atoms with van der Waals surface area (Å²) in [5, 5.41) is 4.57. The lowest BCUT2D eigenvalue weighted by atomic mass is 10.2. The number of hydrogen-bond acceptors (Lipinski definition) is 7. The molecule has 1 saturated heterocycles. The van der Waals surface area contributed by atoms with Crippen molar-refractivity contribution in [1.29, 1.82) is 0 Å². The molecule has 142 valence electrons. The van der Waals surface area contributed by atoms with Gasteiger partial charge in [0, 0.05) is 17.2 Å². The molecule has 0 saturated carbocycles. The van der Waals surface area contributed by atoms with Crippen LogP contribution >= 0.6 is 11.8 Å². The van der Waals surface area contributed by atoms with E-state index in [4.69, 9.17) is 4.74 Å². The molecule has 0 aliphatic carbocycles. The summed E-state index contributed by atoms with van der Waals surface area (Å²) in [5.74, 6) is -1.39. The first kappa shape index (κ1) is 20.2. The third kappa shape index (κ3) is 6.03. The van der Waals surface area contributed by atoms with Crippen LogP contribution in [0, 0.1) is 0 Å². The average Bonchev–Trinajstić information content (AvgIpc) is 2.96. The van der Waals surface area contributed by atoms with Gasteiger partial charge in [0.1, 0.15) is 0 Å². The maximum absolute atomic E-state index is 12.3. The second-order valence-electron chi connectivity index (χ2n) is 5.67. The lowest BCUT2D eigenvalue weighted by Gasteiger charge is -2.12. The van der Waals surface area contributed by atoms with Crippen molar-refractivity contribution in [3.8, 4) is 0 Å². The van der Waals surface area contributed by atoms with E-state index in [1.54, 1.807) is 24.3 Å². The maximum atomic E-state index is 12.3. The van der Waals surface area contributed by atoms with Crippen molar-refractivity contribution in [1.82, 2.24) is 10.6 Å². The third-order valence-corrected chi connectivity index (χ3v) is 6.98. The lowest BCUT2D eigenvalue weighted by molar-refractivity contribution is -0.127. The fourth-order valence-corrected chi connectivity index (χ4v) is 5.92. The number of esters is 1. The summed E-state index contributed by atoms with van der Waals surface area (Å²) in [4.78, 5) is 35.5. The quantitative estimate of drug-likeness (QED) is 0.618.